The average Bonchev–Trinajstić information content (AvgIpc) is 2.99. The molecule has 1 heterocycles. The summed E-state index contributed by atoms with van der Waals surface area (Å²) in [6, 6.07) is 15.8. The van der Waals surface area contributed by atoms with E-state index in [0.29, 0.717) is 3.63 Å². The van der Waals surface area contributed by atoms with Gasteiger partial charge < -0.3 is 0 Å². The van der Waals surface area contributed by atoms with E-state index in [1.807, 2.05) is 0 Å². The molecule has 1 atom stereocenters. The molecule has 0 bridgehead atoms. The molecule has 1 aliphatic rings. The zero-order chi connectivity index (χ0) is 19.8. The van der Waals surface area contributed by atoms with Crippen LogP contribution in [-0.2, 0) is 24.7 Å². The van der Waals surface area contributed by atoms with Gasteiger partial charge in [0.1, 0.15) is 0 Å². The van der Waals surface area contributed by atoms with E-state index in [4.69, 9.17) is 0 Å². The third-order valence-electron chi connectivity index (χ3n) is 5.73. The summed E-state index contributed by atoms with van der Waals surface area (Å²) in [4.78, 5) is 0. The summed E-state index contributed by atoms with van der Waals surface area (Å²) in [5.41, 5.74) is 7.32. The van der Waals surface area contributed by atoms with Crippen LogP contribution in [-0.4, -0.2) is 17.0 Å². The molecule has 0 aliphatic heterocycles. The van der Waals surface area contributed by atoms with Crippen LogP contribution in [0.15, 0.2) is 46.9 Å². The first-order valence-electron chi connectivity index (χ1n) is 9.62. The van der Waals surface area contributed by atoms with Crippen molar-refractivity contribution in [1.82, 2.24) is 7.83 Å². The maximum atomic E-state index is 4.19. The minimum absolute atomic E-state index is 0. The van der Waals surface area contributed by atoms with Crippen LogP contribution in [0.1, 0.15) is 35.5 Å². The number of nitrogens with zero attached hydrogens (tertiary/aromatic N) is 1. The Bertz CT molecular complexity index is 1160. The first-order chi connectivity index (χ1) is 12.4. The predicted octanol–water partition coefficient (Wildman–Crippen LogP) is 6.49. The second-order valence-corrected chi connectivity index (χ2v) is 39.8. The zero-order valence-electron chi connectivity index (χ0n) is 18.0. The van der Waals surface area contributed by atoms with Crippen LogP contribution < -0.4 is 3.26 Å². The number of benzene rings is 2. The second kappa shape index (κ2) is 7.90. The standard InChI is InChI=1S/C16H11BrN.C4H10N.2CH3.2ClH.H2Si.Zr/c1-18-15-7-6-11(17)9-13(15)14-8-10-4-2-3-5-12(10)16(14)18;1-4(2,3)5;;;;;;/h2-9H,1H3;5H,1-3H3;2*1H3;2*1H;1H2;/q;-1;;;;;;+1. The molecule has 0 saturated heterocycles. The van der Waals surface area contributed by atoms with E-state index in [9.17, 15) is 0 Å². The van der Waals surface area contributed by atoms with E-state index in [-0.39, 0.29) is 30.4 Å². The van der Waals surface area contributed by atoms with Gasteiger partial charge in [-0.2, -0.15) is 0 Å². The topological polar surface area (TPSA) is 17.0 Å². The average molecular weight is 594 g/mol. The molecule has 1 unspecified atom stereocenters. The Labute approximate surface area is 198 Å². The third-order valence-corrected chi connectivity index (χ3v) is 19.6. The Balaban J connectivity index is 0.00000150. The summed E-state index contributed by atoms with van der Waals surface area (Å²) >= 11 is 0.369. The SMILES string of the molecule is Cl.Cl.Cn1c2c(c3cc(Br)ccc31)[CH]([Zr]([CH3])([CH3])(=[SiH2])[NH]C(C)(C)C)c1ccccc1-2. The molecular weight excluding hydrogens is 562 g/mol. The van der Waals surface area contributed by atoms with Gasteiger partial charge in [0.05, 0.1) is 0 Å². The molecule has 4 rings (SSSR count). The van der Waals surface area contributed by atoms with Crippen molar-refractivity contribution in [3.63, 3.8) is 0 Å². The van der Waals surface area contributed by atoms with Gasteiger partial charge >= 0.3 is 175 Å². The molecule has 0 radical (unpaired) electrons. The van der Waals surface area contributed by atoms with Crippen molar-refractivity contribution < 1.29 is 17.7 Å². The number of hydrogen-bond acceptors (Lipinski definition) is 1. The van der Waals surface area contributed by atoms with Crippen molar-refractivity contribution in [2.24, 2.45) is 7.05 Å². The van der Waals surface area contributed by atoms with Gasteiger partial charge in [-0.1, -0.05) is 0 Å². The molecule has 0 saturated carbocycles. The molecule has 2 nitrogen and oxygen atoms in total. The van der Waals surface area contributed by atoms with Gasteiger partial charge in [0.15, 0.2) is 0 Å². The fourth-order valence-electron chi connectivity index (χ4n) is 5.45. The van der Waals surface area contributed by atoms with Crippen LogP contribution >= 0.6 is 40.7 Å². The van der Waals surface area contributed by atoms with Gasteiger partial charge in [-0.25, -0.2) is 0 Å². The number of hydrogen-bond donors (Lipinski definition) is 1. The Hall–Kier alpha value is 0.1000. The van der Waals surface area contributed by atoms with E-state index in [2.05, 4.69) is 110 Å². The number of rotatable bonds is 2. The van der Waals surface area contributed by atoms with Gasteiger partial charge in [0, 0.05) is 0 Å². The number of halogens is 3. The van der Waals surface area contributed by atoms with E-state index in [1.165, 1.54) is 33.3 Å². The molecule has 1 aliphatic carbocycles. The number of aromatic nitrogens is 1. The Morgan fingerprint density at radius 3 is 2.31 bits per heavy atom. The quantitative estimate of drug-likeness (QED) is 0.336. The normalized spacial score (nSPS) is 16.1. The monoisotopic (exact) mass is 590 g/mol. The summed E-state index contributed by atoms with van der Waals surface area (Å²) < 4.78 is 13.4. The molecule has 158 valence electrons. The van der Waals surface area contributed by atoms with Crippen LogP contribution in [0.2, 0.25) is 9.26 Å². The third kappa shape index (κ3) is 4.25. The second-order valence-electron chi connectivity index (χ2n) is 10.2. The van der Waals surface area contributed by atoms with Gasteiger partial charge in [-0.15, -0.1) is 24.8 Å². The Morgan fingerprint density at radius 2 is 1.69 bits per heavy atom. The molecule has 0 spiro atoms. The minimum atomic E-state index is -3.34. The molecule has 0 fully saturated rings. The van der Waals surface area contributed by atoms with E-state index in [1.54, 1.807) is 0 Å². The summed E-state index contributed by atoms with van der Waals surface area (Å²) in [7, 11) is 2.22. The molecule has 1 N–H and O–H groups in total. The van der Waals surface area contributed by atoms with Crippen molar-refractivity contribution in [2.75, 3.05) is 0 Å². The van der Waals surface area contributed by atoms with E-state index >= 15 is 0 Å². The van der Waals surface area contributed by atoms with Crippen LogP contribution in [0.3, 0.4) is 0 Å². The number of nitrogens with one attached hydrogen (secondary N) is 1. The van der Waals surface area contributed by atoms with Gasteiger partial charge in [-0.05, 0) is 0 Å². The first-order valence-corrected chi connectivity index (χ1v) is 23.9. The maximum absolute atomic E-state index is 4.19. The van der Waals surface area contributed by atoms with Gasteiger partial charge in [0.2, 0.25) is 0 Å². The number of aryl methyl sites for hydroxylation is 1. The van der Waals surface area contributed by atoms with Crippen molar-refractivity contribution in [1.29, 1.82) is 0 Å². The zero-order valence-corrected chi connectivity index (χ0v) is 25.1. The Kier molecular flexibility index (Phi) is 6.91. The molecule has 7 heteroatoms. The van der Waals surface area contributed by atoms with Gasteiger partial charge in [-0.3, -0.25) is 0 Å². The predicted molar refractivity (Wildman–Crippen MR) is 136 cm³/mol. The Morgan fingerprint density at radius 1 is 1.07 bits per heavy atom. The summed E-state index contributed by atoms with van der Waals surface area (Å²) in [5.74, 6) is 0. The summed E-state index contributed by atoms with van der Waals surface area (Å²) in [6.45, 7) is 9.23. The molecular formula is C22H31BrCl2N2SiZr. The van der Waals surface area contributed by atoms with Crippen LogP contribution in [0.4, 0.5) is 0 Å². The molecule has 3 aromatic rings. The fraction of sp³-hybridized carbons (Fsp3) is 0.364. The molecule has 1 aromatic heterocycles. The first kappa shape index (κ1) is 25.4. The van der Waals surface area contributed by atoms with Crippen molar-refractivity contribution >= 4 is 58.5 Å². The molecule has 0 amide bonds. The van der Waals surface area contributed by atoms with Crippen LogP contribution in [0, 0.1) is 0 Å². The van der Waals surface area contributed by atoms with Crippen LogP contribution in [0.5, 0.6) is 0 Å². The fourth-order valence-corrected chi connectivity index (χ4v) is 23.9. The van der Waals surface area contributed by atoms with Crippen molar-refractivity contribution in [3.8, 4) is 11.3 Å². The van der Waals surface area contributed by atoms with E-state index in [0.717, 1.165) is 4.47 Å². The summed E-state index contributed by atoms with van der Waals surface area (Å²) in [6.07, 6.45) is 0. The van der Waals surface area contributed by atoms with Crippen molar-refractivity contribution in [2.45, 2.75) is 39.2 Å². The van der Waals surface area contributed by atoms with E-state index < -0.39 is 17.7 Å². The molecule has 29 heavy (non-hydrogen) atoms. The number of fused-ring (bicyclic) bond motifs is 5. The summed E-state index contributed by atoms with van der Waals surface area (Å²) in [5, 5.41) is 1.40. The molecule has 2 aromatic carbocycles. The van der Waals surface area contributed by atoms with Gasteiger partial charge in [0.25, 0.3) is 0 Å². The van der Waals surface area contributed by atoms with Crippen molar-refractivity contribution in [3.05, 3.63) is 58.1 Å². The van der Waals surface area contributed by atoms with Crippen LogP contribution in [0.25, 0.3) is 22.2 Å².